The van der Waals surface area contributed by atoms with Crippen LogP contribution in [0.3, 0.4) is 0 Å². The molecule has 3 heterocycles. The summed E-state index contributed by atoms with van der Waals surface area (Å²) in [4.78, 5) is 6.87. The van der Waals surface area contributed by atoms with Crippen molar-refractivity contribution < 1.29 is 0 Å². The largest absolute Gasteiger partial charge is 0.352 e. The van der Waals surface area contributed by atoms with Gasteiger partial charge in [0.05, 0.1) is 5.69 Å². The fourth-order valence-corrected chi connectivity index (χ4v) is 2.92. The van der Waals surface area contributed by atoms with Crippen LogP contribution in [0.2, 0.25) is 5.02 Å². The van der Waals surface area contributed by atoms with Gasteiger partial charge in [-0.05, 0) is 18.2 Å². The van der Waals surface area contributed by atoms with E-state index >= 15 is 0 Å². The Labute approximate surface area is 133 Å². The number of hydrogen-bond acceptors (Lipinski definition) is 4. The maximum Gasteiger partial charge on any atom is 0.154 e. The number of halogens is 1. The average Bonchev–Trinajstić information content (AvgIpc) is 3.00. The molecule has 1 aliphatic rings. The zero-order valence-corrected chi connectivity index (χ0v) is 12.8. The number of piperazine rings is 1. The summed E-state index contributed by atoms with van der Waals surface area (Å²) in [6.07, 6.45) is 3.70. The van der Waals surface area contributed by atoms with Crippen LogP contribution < -0.4 is 10.2 Å². The number of rotatable bonds is 2. The fraction of sp³-hybridized carbons (Fsp3) is 0.250. The van der Waals surface area contributed by atoms with Gasteiger partial charge in [-0.15, -0.1) is 0 Å². The standard InChI is InChI=1S/C16H16ClN5/c17-13-3-1-12(2-4-13)14-11-15-16(19-7-10-22(15)20-14)21-8-5-18-6-9-21/h1-4,7,10-11,18H,5-6,8-9H2. The van der Waals surface area contributed by atoms with Crippen LogP contribution in [0.4, 0.5) is 5.82 Å². The van der Waals surface area contributed by atoms with Crippen molar-refractivity contribution in [1.82, 2.24) is 19.9 Å². The molecule has 0 spiro atoms. The second-order valence-corrected chi connectivity index (χ2v) is 5.79. The van der Waals surface area contributed by atoms with Crippen molar-refractivity contribution in [3.63, 3.8) is 0 Å². The highest BCUT2D eigenvalue weighted by atomic mass is 35.5. The Morgan fingerprint density at radius 2 is 1.86 bits per heavy atom. The quantitative estimate of drug-likeness (QED) is 0.789. The molecule has 1 fully saturated rings. The molecule has 0 atom stereocenters. The van der Waals surface area contributed by atoms with Crippen LogP contribution in [-0.4, -0.2) is 40.8 Å². The molecule has 1 saturated heterocycles. The first-order chi connectivity index (χ1) is 10.8. The molecule has 1 N–H and O–H groups in total. The van der Waals surface area contributed by atoms with Gasteiger partial charge in [0.1, 0.15) is 5.52 Å². The van der Waals surface area contributed by atoms with E-state index in [-0.39, 0.29) is 0 Å². The Kier molecular flexibility index (Phi) is 3.44. The summed E-state index contributed by atoms with van der Waals surface area (Å²) in [5.74, 6) is 0.997. The molecule has 0 bridgehead atoms. The Bertz CT molecular complexity index is 790. The number of hydrogen-bond donors (Lipinski definition) is 1. The summed E-state index contributed by atoms with van der Waals surface area (Å²) in [6.45, 7) is 3.91. The van der Waals surface area contributed by atoms with E-state index in [1.165, 1.54) is 0 Å². The molecule has 6 heteroatoms. The zero-order chi connectivity index (χ0) is 14.9. The topological polar surface area (TPSA) is 45.5 Å². The normalized spacial score (nSPS) is 15.4. The average molecular weight is 314 g/mol. The predicted molar refractivity (Wildman–Crippen MR) is 88.5 cm³/mol. The van der Waals surface area contributed by atoms with E-state index < -0.39 is 0 Å². The SMILES string of the molecule is Clc1ccc(-c2cc3c(N4CCNCC4)nccn3n2)cc1. The predicted octanol–water partition coefficient (Wildman–Crippen LogP) is 2.46. The van der Waals surface area contributed by atoms with Crippen LogP contribution in [0.5, 0.6) is 0 Å². The van der Waals surface area contributed by atoms with E-state index in [2.05, 4.69) is 26.4 Å². The van der Waals surface area contributed by atoms with Gasteiger partial charge < -0.3 is 10.2 Å². The molecular weight excluding hydrogens is 298 g/mol. The van der Waals surface area contributed by atoms with E-state index in [0.717, 1.165) is 53.8 Å². The summed E-state index contributed by atoms with van der Waals surface area (Å²) in [5, 5.41) is 8.76. The van der Waals surface area contributed by atoms with Crippen LogP contribution in [-0.2, 0) is 0 Å². The van der Waals surface area contributed by atoms with Gasteiger partial charge in [0, 0.05) is 49.2 Å². The number of benzene rings is 1. The molecule has 0 saturated carbocycles. The van der Waals surface area contributed by atoms with Crippen molar-refractivity contribution in [1.29, 1.82) is 0 Å². The summed E-state index contributed by atoms with van der Waals surface area (Å²) in [5.41, 5.74) is 3.02. The van der Waals surface area contributed by atoms with E-state index in [0.29, 0.717) is 0 Å². The monoisotopic (exact) mass is 313 g/mol. The first-order valence-electron chi connectivity index (χ1n) is 7.37. The van der Waals surface area contributed by atoms with Crippen LogP contribution in [0.15, 0.2) is 42.7 Å². The Balaban J connectivity index is 1.78. The van der Waals surface area contributed by atoms with Crippen molar-refractivity contribution in [2.24, 2.45) is 0 Å². The van der Waals surface area contributed by atoms with E-state index in [1.54, 1.807) is 0 Å². The minimum atomic E-state index is 0.732. The third-order valence-electron chi connectivity index (χ3n) is 3.93. The molecule has 3 aromatic rings. The maximum absolute atomic E-state index is 5.96. The van der Waals surface area contributed by atoms with E-state index in [1.807, 2.05) is 41.2 Å². The molecule has 0 unspecified atom stereocenters. The number of anilines is 1. The Hall–Kier alpha value is -2.11. The van der Waals surface area contributed by atoms with Crippen LogP contribution >= 0.6 is 11.6 Å². The highest BCUT2D eigenvalue weighted by Crippen LogP contribution is 2.26. The first kappa shape index (κ1) is 13.5. The van der Waals surface area contributed by atoms with Gasteiger partial charge in [0.2, 0.25) is 0 Å². The fourth-order valence-electron chi connectivity index (χ4n) is 2.79. The molecule has 1 aromatic carbocycles. The van der Waals surface area contributed by atoms with Gasteiger partial charge in [-0.3, -0.25) is 0 Å². The third kappa shape index (κ3) is 2.42. The summed E-state index contributed by atoms with van der Waals surface area (Å²) >= 11 is 5.96. The molecule has 0 amide bonds. The second-order valence-electron chi connectivity index (χ2n) is 5.35. The van der Waals surface area contributed by atoms with Gasteiger partial charge in [-0.1, -0.05) is 23.7 Å². The molecule has 1 aliphatic heterocycles. The minimum absolute atomic E-state index is 0.732. The second kappa shape index (κ2) is 5.59. The van der Waals surface area contributed by atoms with Gasteiger partial charge in [-0.25, -0.2) is 9.50 Å². The maximum atomic E-state index is 5.96. The van der Waals surface area contributed by atoms with E-state index in [4.69, 9.17) is 11.6 Å². The van der Waals surface area contributed by atoms with Crippen LogP contribution in [0.1, 0.15) is 0 Å². The van der Waals surface area contributed by atoms with Crippen molar-refractivity contribution in [2.45, 2.75) is 0 Å². The molecule has 112 valence electrons. The lowest BCUT2D eigenvalue weighted by Crippen LogP contribution is -2.44. The van der Waals surface area contributed by atoms with Gasteiger partial charge in [0.25, 0.3) is 0 Å². The lowest BCUT2D eigenvalue weighted by atomic mass is 10.1. The van der Waals surface area contributed by atoms with Crippen LogP contribution in [0.25, 0.3) is 16.8 Å². The molecule has 4 rings (SSSR count). The van der Waals surface area contributed by atoms with Crippen molar-refractivity contribution in [3.05, 3.63) is 47.7 Å². The lowest BCUT2D eigenvalue weighted by Gasteiger charge is -2.28. The molecule has 0 aliphatic carbocycles. The minimum Gasteiger partial charge on any atom is -0.352 e. The number of nitrogens with one attached hydrogen (secondary N) is 1. The number of fused-ring (bicyclic) bond motifs is 1. The van der Waals surface area contributed by atoms with Gasteiger partial charge in [-0.2, -0.15) is 5.10 Å². The van der Waals surface area contributed by atoms with Gasteiger partial charge in [0.15, 0.2) is 5.82 Å². The van der Waals surface area contributed by atoms with Crippen molar-refractivity contribution >= 4 is 22.9 Å². The molecular formula is C16H16ClN5. The smallest absolute Gasteiger partial charge is 0.154 e. The highest BCUT2D eigenvalue weighted by molar-refractivity contribution is 6.30. The summed E-state index contributed by atoms with van der Waals surface area (Å²) < 4.78 is 1.90. The van der Waals surface area contributed by atoms with Crippen molar-refractivity contribution in [2.75, 3.05) is 31.1 Å². The summed E-state index contributed by atoms with van der Waals surface area (Å²) in [6, 6.07) is 9.84. The zero-order valence-electron chi connectivity index (χ0n) is 12.0. The first-order valence-corrected chi connectivity index (χ1v) is 7.75. The van der Waals surface area contributed by atoms with Gasteiger partial charge >= 0.3 is 0 Å². The number of nitrogens with zero attached hydrogens (tertiary/aromatic N) is 4. The Morgan fingerprint density at radius 1 is 1.09 bits per heavy atom. The number of aromatic nitrogens is 3. The highest BCUT2D eigenvalue weighted by Gasteiger charge is 2.16. The lowest BCUT2D eigenvalue weighted by molar-refractivity contribution is 0.585. The van der Waals surface area contributed by atoms with Crippen molar-refractivity contribution in [3.8, 4) is 11.3 Å². The molecule has 22 heavy (non-hydrogen) atoms. The Morgan fingerprint density at radius 3 is 2.64 bits per heavy atom. The third-order valence-corrected chi connectivity index (χ3v) is 4.18. The van der Waals surface area contributed by atoms with Crippen LogP contribution in [0, 0.1) is 0 Å². The van der Waals surface area contributed by atoms with E-state index in [9.17, 15) is 0 Å². The molecule has 5 nitrogen and oxygen atoms in total. The summed E-state index contributed by atoms with van der Waals surface area (Å²) in [7, 11) is 0. The molecule has 2 aromatic heterocycles. The molecule has 0 radical (unpaired) electrons.